The molecule has 0 radical (unpaired) electrons. The molecule has 1 aromatic carbocycles. The maximum atomic E-state index is 11.2. The second kappa shape index (κ2) is 4.57. The fraction of sp³-hybridized carbons (Fsp3) is 0.222. The van der Waals surface area contributed by atoms with Gasteiger partial charge < -0.3 is 4.74 Å². The van der Waals surface area contributed by atoms with Gasteiger partial charge in [-0.15, -0.1) is 0 Å². The Morgan fingerprint density at radius 1 is 1.50 bits per heavy atom. The number of carbonyl (C=O) groups excluding carboxylic acids is 1. The largest absolute Gasteiger partial charge is 0.465 e. The van der Waals surface area contributed by atoms with Crippen molar-refractivity contribution in [2.24, 2.45) is 0 Å². The summed E-state index contributed by atoms with van der Waals surface area (Å²) >= 11 is 5.77. The minimum Gasteiger partial charge on any atom is -0.465 e. The SMILES string of the molecule is COC(=O)c1cc(S(C)=O)ccc1Cl. The third-order valence-electron chi connectivity index (χ3n) is 1.68. The van der Waals surface area contributed by atoms with Gasteiger partial charge in [-0.05, 0) is 18.2 Å². The molecule has 0 aliphatic heterocycles. The van der Waals surface area contributed by atoms with E-state index in [1.165, 1.54) is 25.5 Å². The van der Waals surface area contributed by atoms with Crippen LogP contribution in [0.4, 0.5) is 0 Å². The first kappa shape index (κ1) is 11.2. The highest BCUT2D eigenvalue weighted by atomic mass is 35.5. The number of rotatable bonds is 2. The van der Waals surface area contributed by atoms with Crippen molar-refractivity contribution in [1.29, 1.82) is 0 Å². The Hall–Kier alpha value is -0.870. The highest BCUT2D eigenvalue weighted by Crippen LogP contribution is 2.19. The molecule has 0 saturated heterocycles. The van der Waals surface area contributed by atoms with Gasteiger partial charge in [-0.3, -0.25) is 4.21 Å². The molecular formula is C9H9ClO3S. The fourth-order valence-electron chi connectivity index (χ4n) is 0.950. The molecule has 0 N–H and O–H groups in total. The molecule has 0 fully saturated rings. The Morgan fingerprint density at radius 2 is 2.14 bits per heavy atom. The van der Waals surface area contributed by atoms with E-state index in [0.717, 1.165) is 0 Å². The molecule has 1 rings (SSSR count). The van der Waals surface area contributed by atoms with Crippen molar-refractivity contribution in [3.63, 3.8) is 0 Å². The van der Waals surface area contributed by atoms with Crippen LogP contribution in [-0.4, -0.2) is 23.5 Å². The molecule has 0 heterocycles. The Morgan fingerprint density at radius 3 is 2.64 bits per heavy atom. The smallest absolute Gasteiger partial charge is 0.339 e. The molecule has 0 aliphatic rings. The molecule has 76 valence electrons. The molecule has 14 heavy (non-hydrogen) atoms. The minimum absolute atomic E-state index is 0.238. The van der Waals surface area contributed by atoms with Gasteiger partial charge in [-0.25, -0.2) is 4.79 Å². The van der Waals surface area contributed by atoms with Crippen molar-refractivity contribution in [1.82, 2.24) is 0 Å². The van der Waals surface area contributed by atoms with E-state index in [2.05, 4.69) is 4.74 Å². The lowest BCUT2D eigenvalue weighted by Gasteiger charge is -2.03. The van der Waals surface area contributed by atoms with E-state index in [1.807, 2.05) is 0 Å². The Kier molecular flexibility index (Phi) is 3.66. The molecular weight excluding hydrogens is 224 g/mol. The van der Waals surface area contributed by atoms with Crippen LogP contribution in [0.5, 0.6) is 0 Å². The van der Waals surface area contributed by atoms with Gasteiger partial charge in [0.25, 0.3) is 0 Å². The van der Waals surface area contributed by atoms with Crippen LogP contribution in [0.25, 0.3) is 0 Å². The van der Waals surface area contributed by atoms with E-state index in [4.69, 9.17) is 11.6 Å². The normalized spacial score (nSPS) is 12.2. The van der Waals surface area contributed by atoms with Crippen molar-refractivity contribution >= 4 is 28.4 Å². The number of hydrogen-bond acceptors (Lipinski definition) is 3. The van der Waals surface area contributed by atoms with Crippen molar-refractivity contribution in [2.45, 2.75) is 4.90 Å². The average Bonchev–Trinajstić information content (AvgIpc) is 2.17. The van der Waals surface area contributed by atoms with Gasteiger partial charge in [-0.2, -0.15) is 0 Å². The van der Waals surface area contributed by atoms with E-state index in [-0.39, 0.29) is 5.56 Å². The number of carbonyl (C=O) groups is 1. The topological polar surface area (TPSA) is 43.4 Å². The second-order valence-electron chi connectivity index (χ2n) is 2.59. The third kappa shape index (κ3) is 2.33. The van der Waals surface area contributed by atoms with Gasteiger partial charge in [0.15, 0.2) is 0 Å². The third-order valence-corrected chi connectivity index (χ3v) is 2.92. The van der Waals surface area contributed by atoms with E-state index < -0.39 is 16.8 Å². The summed E-state index contributed by atoms with van der Waals surface area (Å²) in [6.07, 6.45) is 1.53. The van der Waals surface area contributed by atoms with Crippen LogP contribution < -0.4 is 0 Å². The molecule has 1 unspecified atom stereocenters. The lowest BCUT2D eigenvalue weighted by molar-refractivity contribution is 0.0600. The van der Waals surface area contributed by atoms with E-state index in [1.54, 1.807) is 6.07 Å². The molecule has 3 nitrogen and oxygen atoms in total. The van der Waals surface area contributed by atoms with Crippen LogP contribution in [0.15, 0.2) is 23.1 Å². The van der Waals surface area contributed by atoms with E-state index in [9.17, 15) is 9.00 Å². The zero-order chi connectivity index (χ0) is 10.7. The Labute approximate surface area is 89.5 Å². The van der Waals surface area contributed by atoms with Crippen molar-refractivity contribution in [2.75, 3.05) is 13.4 Å². The summed E-state index contributed by atoms with van der Waals surface area (Å²) in [5.41, 5.74) is 0.238. The first-order valence-electron chi connectivity index (χ1n) is 3.77. The molecule has 5 heteroatoms. The zero-order valence-corrected chi connectivity index (χ0v) is 9.32. The predicted molar refractivity (Wildman–Crippen MR) is 55.1 cm³/mol. The highest BCUT2D eigenvalue weighted by Gasteiger charge is 2.12. The summed E-state index contributed by atoms with van der Waals surface area (Å²) in [4.78, 5) is 11.8. The lowest BCUT2D eigenvalue weighted by Crippen LogP contribution is -2.03. The summed E-state index contributed by atoms with van der Waals surface area (Å²) in [5, 5.41) is 0.297. The van der Waals surface area contributed by atoms with Crippen molar-refractivity contribution in [3.05, 3.63) is 28.8 Å². The molecule has 0 aromatic heterocycles. The van der Waals surface area contributed by atoms with Gasteiger partial charge in [0, 0.05) is 22.0 Å². The van der Waals surface area contributed by atoms with Gasteiger partial charge >= 0.3 is 5.97 Å². The zero-order valence-electron chi connectivity index (χ0n) is 7.74. The summed E-state index contributed by atoms with van der Waals surface area (Å²) in [5.74, 6) is -0.526. The quantitative estimate of drug-likeness (QED) is 0.731. The monoisotopic (exact) mass is 232 g/mol. The number of hydrogen-bond donors (Lipinski definition) is 0. The van der Waals surface area contributed by atoms with E-state index >= 15 is 0 Å². The minimum atomic E-state index is -1.13. The van der Waals surface area contributed by atoms with Gasteiger partial charge in [0.1, 0.15) is 0 Å². The highest BCUT2D eigenvalue weighted by molar-refractivity contribution is 7.84. The maximum Gasteiger partial charge on any atom is 0.339 e. The van der Waals surface area contributed by atoms with Gasteiger partial charge in [0.2, 0.25) is 0 Å². The molecule has 0 aliphatic carbocycles. The van der Waals surface area contributed by atoms with E-state index in [0.29, 0.717) is 9.92 Å². The van der Waals surface area contributed by atoms with Crippen molar-refractivity contribution in [3.8, 4) is 0 Å². The molecule has 0 amide bonds. The standard InChI is InChI=1S/C9H9ClO3S/c1-13-9(11)7-5-6(14(2)12)3-4-8(7)10/h3-5H,1-2H3. The fourth-order valence-corrected chi connectivity index (χ4v) is 1.69. The molecule has 0 bridgehead atoms. The van der Waals surface area contributed by atoms with Crippen LogP contribution in [0.2, 0.25) is 5.02 Å². The first-order valence-corrected chi connectivity index (χ1v) is 5.71. The Balaban J connectivity index is 3.21. The predicted octanol–water partition coefficient (Wildman–Crippen LogP) is 1.86. The van der Waals surface area contributed by atoms with Crippen LogP contribution >= 0.6 is 11.6 Å². The molecule has 1 atom stereocenters. The van der Waals surface area contributed by atoms with Crippen molar-refractivity contribution < 1.29 is 13.7 Å². The number of halogens is 1. The van der Waals surface area contributed by atoms with Crippen LogP contribution in [0.3, 0.4) is 0 Å². The van der Waals surface area contributed by atoms with Crippen LogP contribution in [0.1, 0.15) is 10.4 Å². The summed E-state index contributed by atoms with van der Waals surface area (Å²) in [6.45, 7) is 0. The molecule has 0 spiro atoms. The average molecular weight is 233 g/mol. The van der Waals surface area contributed by atoms with Crippen LogP contribution in [-0.2, 0) is 15.5 Å². The maximum absolute atomic E-state index is 11.2. The van der Waals surface area contributed by atoms with Gasteiger partial charge in [-0.1, -0.05) is 11.6 Å². The summed E-state index contributed by atoms with van der Waals surface area (Å²) in [6, 6.07) is 4.62. The van der Waals surface area contributed by atoms with Gasteiger partial charge in [0.05, 0.1) is 17.7 Å². The number of benzene rings is 1. The Bertz CT molecular complexity index is 390. The number of esters is 1. The lowest BCUT2D eigenvalue weighted by atomic mass is 10.2. The number of methoxy groups -OCH3 is 1. The molecule has 0 saturated carbocycles. The summed E-state index contributed by atoms with van der Waals surface area (Å²) < 4.78 is 15.7. The second-order valence-corrected chi connectivity index (χ2v) is 4.37. The van der Waals surface area contributed by atoms with Crippen LogP contribution in [0, 0.1) is 0 Å². The first-order chi connectivity index (χ1) is 6.56. The molecule has 1 aromatic rings. The summed E-state index contributed by atoms with van der Waals surface area (Å²) in [7, 11) is 0.140. The number of ether oxygens (including phenoxy) is 1.